The first kappa shape index (κ1) is 27.3. The Kier molecular flexibility index (Phi) is 6.58. The van der Waals surface area contributed by atoms with Crippen molar-refractivity contribution >= 4 is 34.8 Å². The van der Waals surface area contributed by atoms with Crippen molar-refractivity contribution in [1.82, 2.24) is 0 Å². The van der Waals surface area contributed by atoms with Gasteiger partial charge in [0.15, 0.2) is 23.1 Å². The molecule has 2 aromatic rings. The van der Waals surface area contributed by atoms with E-state index in [9.17, 15) is 24.3 Å². The Labute approximate surface area is 249 Å². The molecule has 220 valence electrons. The second-order valence-corrected chi connectivity index (χ2v) is 11.8. The van der Waals surface area contributed by atoms with Gasteiger partial charge in [-0.3, -0.25) is 24.1 Å². The molecule has 4 atom stereocenters. The van der Waals surface area contributed by atoms with Crippen molar-refractivity contribution in [2.75, 3.05) is 43.2 Å². The van der Waals surface area contributed by atoms with Crippen molar-refractivity contribution in [1.29, 1.82) is 0 Å². The quantitative estimate of drug-likeness (QED) is 0.330. The number of methoxy groups -OCH3 is 1. The number of Topliss-reactive ketones (excluding diaryl/α,β-unsaturated/α-hetero) is 1. The van der Waals surface area contributed by atoms with Gasteiger partial charge in [0.25, 0.3) is 0 Å². The predicted molar refractivity (Wildman–Crippen MR) is 158 cm³/mol. The summed E-state index contributed by atoms with van der Waals surface area (Å²) in [6.45, 7) is 4.50. The van der Waals surface area contributed by atoms with Crippen molar-refractivity contribution in [3.8, 4) is 11.5 Å². The number of hydrogen-bond acceptors (Lipinski definition) is 8. The highest BCUT2D eigenvalue weighted by Gasteiger charge is 2.56. The van der Waals surface area contributed by atoms with E-state index in [2.05, 4.69) is 4.90 Å². The fraction of sp³-hybridized carbons (Fsp3) is 0.353. The molecule has 2 amide bonds. The number of carbonyl (C=O) groups excluding carboxylic acids is 4. The average molecular weight is 581 g/mol. The molecule has 2 fully saturated rings. The van der Waals surface area contributed by atoms with Crippen LogP contribution in [0.4, 0.5) is 11.4 Å². The molecule has 0 saturated carbocycles. The van der Waals surface area contributed by atoms with Crippen LogP contribution in [-0.2, 0) is 23.9 Å². The number of fused-ring (bicyclic) bond motifs is 3. The SMILES string of the molecule is COc1ccc(C2C3=CCC4C(=O)N(c5ccc(N6CCOCC6)cc5)C(=O)C4C3CC3=C2C(=O)C=C(C)C3=O)cc1O. The highest BCUT2D eigenvalue weighted by molar-refractivity contribution is 6.25. The number of ketones is 2. The summed E-state index contributed by atoms with van der Waals surface area (Å²) in [5.74, 6) is -3.08. The monoisotopic (exact) mass is 580 g/mol. The van der Waals surface area contributed by atoms with Gasteiger partial charge in [0.05, 0.1) is 37.8 Å². The van der Waals surface area contributed by atoms with E-state index in [4.69, 9.17) is 9.47 Å². The van der Waals surface area contributed by atoms with Gasteiger partial charge in [0, 0.05) is 41.4 Å². The molecule has 9 nitrogen and oxygen atoms in total. The first-order valence-corrected chi connectivity index (χ1v) is 14.7. The molecule has 2 aliphatic heterocycles. The minimum atomic E-state index is -0.663. The zero-order valence-electron chi connectivity index (χ0n) is 24.0. The van der Waals surface area contributed by atoms with Gasteiger partial charge >= 0.3 is 0 Å². The molecule has 1 N–H and O–H groups in total. The smallest absolute Gasteiger partial charge is 0.238 e. The molecule has 2 heterocycles. The van der Waals surface area contributed by atoms with Gasteiger partial charge in [-0.05, 0) is 73.7 Å². The summed E-state index contributed by atoms with van der Waals surface area (Å²) >= 11 is 0. The number of phenolic OH excluding ortho intramolecular Hbond substituents is 1. The molecule has 0 bridgehead atoms. The van der Waals surface area contributed by atoms with Crippen molar-refractivity contribution in [3.63, 3.8) is 0 Å². The number of allylic oxidation sites excluding steroid dienone is 6. The third kappa shape index (κ3) is 4.25. The molecule has 0 spiro atoms. The van der Waals surface area contributed by atoms with Crippen LogP contribution in [0.3, 0.4) is 0 Å². The second-order valence-electron chi connectivity index (χ2n) is 11.8. The number of ether oxygens (including phenoxy) is 2. The van der Waals surface area contributed by atoms with E-state index in [1.165, 1.54) is 18.1 Å². The normalized spacial score (nSPS) is 27.0. The Hall–Kier alpha value is -4.50. The van der Waals surface area contributed by atoms with Gasteiger partial charge in [-0.1, -0.05) is 17.7 Å². The summed E-state index contributed by atoms with van der Waals surface area (Å²) in [5.41, 5.74) is 4.13. The summed E-state index contributed by atoms with van der Waals surface area (Å²) in [6, 6.07) is 12.4. The Balaban J connectivity index is 1.27. The van der Waals surface area contributed by atoms with Gasteiger partial charge in [-0.25, -0.2) is 0 Å². The predicted octanol–water partition coefficient (Wildman–Crippen LogP) is 3.87. The van der Waals surface area contributed by atoms with Crippen LogP contribution in [-0.4, -0.2) is 61.9 Å². The zero-order chi connectivity index (χ0) is 30.0. The molecule has 9 heteroatoms. The number of hydrogen-bond donors (Lipinski definition) is 1. The minimum absolute atomic E-state index is 0.0845. The van der Waals surface area contributed by atoms with E-state index in [1.807, 2.05) is 30.3 Å². The van der Waals surface area contributed by atoms with Crippen LogP contribution in [0.1, 0.15) is 31.2 Å². The highest BCUT2D eigenvalue weighted by atomic mass is 16.5. The number of anilines is 2. The summed E-state index contributed by atoms with van der Waals surface area (Å²) in [7, 11) is 1.46. The molecule has 2 saturated heterocycles. The number of benzene rings is 2. The summed E-state index contributed by atoms with van der Waals surface area (Å²) in [6.07, 6.45) is 3.90. The van der Waals surface area contributed by atoms with Gasteiger partial charge in [0.1, 0.15) is 0 Å². The maximum atomic E-state index is 14.2. The lowest BCUT2D eigenvalue weighted by molar-refractivity contribution is -0.123. The maximum absolute atomic E-state index is 14.2. The third-order valence-electron chi connectivity index (χ3n) is 9.58. The molecular formula is C34H32N2O7. The standard InChI is InChI=1S/C34H32N2O7/c1-18-15-27(38)31-25(32(18)39)17-24-22(29(31)19-3-10-28(42-2)26(37)16-19)8-9-23-30(24)34(41)36(33(23)40)21-6-4-20(5-7-21)35-11-13-43-14-12-35/h3-8,10,15-16,23-24,29-30,37H,9,11-14,17H2,1-2H3. The number of amides is 2. The van der Waals surface area contributed by atoms with Crippen molar-refractivity contribution in [2.45, 2.75) is 25.7 Å². The first-order chi connectivity index (χ1) is 20.8. The zero-order valence-corrected chi connectivity index (χ0v) is 24.0. The molecule has 2 aromatic carbocycles. The molecule has 5 aliphatic rings. The average Bonchev–Trinajstić information content (AvgIpc) is 3.28. The van der Waals surface area contributed by atoms with Crippen molar-refractivity contribution in [3.05, 3.63) is 82.5 Å². The van der Waals surface area contributed by atoms with Crippen LogP contribution >= 0.6 is 0 Å². The van der Waals surface area contributed by atoms with Crippen molar-refractivity contribution in [2.24, 2.45) is 17.8 Å². The number of imide groups is 1. The fourth-order valence-electron chi connectivity index (χ4n) is 7.54. The van der Waals surface area contributed by atoms with Crippen LogP contribution in [0, 0.1) is 17.8 Å². The van der Waals surface area contributed by atoms with Gasteiger partial charge in [0.2, 0.25) is 11.8 Å². The van der Waals surface area contributed by atoms with E-state index >= 15 is 0 Å². The molecule has 43 heavy (non-hydrogen) atoms. The van der Waals surface area contributed by atoms with E-state index in [1.54, 1.807) is 25.1 Å². The second kappa shape index (κ2) is 10.3. The largest absolute Gasteiger partial charge is 0.504 e. The van der Waals surface area contributed by atoms with Gasteiger partial charge < -0.3 is 19.5 Å². The highest BCUT2D eigenvalue weighted by Crippen LogP contribution is 2.55. The number of rotatable bonds is 4. The Morgan fingerprint density at radius 1 is 0.930 bits per heavy atom. The van der Waals surface area contributed by atoms with Crippen molar-refractivity contribution < 1.29 is 33.8 Å². The lowest BCUT2D eigenvalue weighted by atomic mass is 9.59. The molecule has 4 unspecified atom stereocenters. The number of morpholine rings is 1. The molecular weight excluding hydrogens is 548 g/mol. The lowest BCUT2D eigenvalue weighted by Crippen LogP contribution is -2.39. The lowest BCUT2D eigenvalue weighted by Gasteiger charge is -2.42. The van der Waals surface area contributed by atoms with E-state index < -0.39 is 23.7 Å². The summed E-state index contributed by atoms with van der Waals surface area (Å²) in [4.78, 5) is 58.4. The van der Waals surface area contributed by atoms with Gasteiger partial charge in [-0.2, -0.15) is 0 Å². The van der Waals surface area contributed by atoms with Crippen LogP contribution in [0.2, 0.25) is 0 Å². The van der Waals surface area contributed by atoms with Crippen LogP contribution < -0.4 is 14.5 Å². The summed E-state index contributed by atoms with van der Waals surface area (Å²) in [5, 5.41) is 10.6. The Morgan fingerprint density at radius 3 is 2.35 bits per heavy atom. The molecule has 3 aliphatic carbocycles. The number of phenols is 1. The molecule has 0 radical (unpaired) electrons. The van der Waals surface area contributed by atoms with E-state index in [0.717, 1.165) is 24.4 Å². The van der Waals surface area contributed by atoms with E-state index in [-0.39, 0.29) is 41.3 Å². The number of aromatic hydroxyl groups is 1. The Bertz CT molecular complexity index is 1660. The molecule has 7 rings (SSSR count). The third-order valence-corrected chi connectivity index (χ3v) is 9.58. The van der Waals surface area contributed by atoms with Gasteiger partial charge in [-0.15, -0.1) is 0 Å². The van der Waals surface area contributed by atoms with Crippen LogP contribution in [0.25, 0.3) is 0 Å². The van der Waals surface area contributed by atoms with E-state index in [0.29, 0.717) is 47.6 Å². The topological polar surface area (TPSA) is 113 Å². The summed E-state index contributed by atoms with van der Waals surface area (Å²) < 4.78 is 10.7. The maximum Gasteiger partial charge on any atom is 0.238 e. The molecule has 0 aromatic heterocycles. The first-order valence-electron chi connectivity index (χ1n) is 14.7. The van der Waals surface area contributed by atoms with Crippen LogP contribution in [0.5, 0.6) is 11.5 Å². The number of carbonyl (C=O) groups is 4. The number of nitrogens with zero attached hydrogens (tertiary/aromatic N) is 2. The fourth-order valence-corrected chi connectivity index (χ4v) is 7.54. The van der Waals surface area contributed by atoms with Crippen LogP contribution in [0.15, 0.2) is 76.9 Å². The Morgan fingerprint density at radius 2 is 1.65 bits per heavy atom. The minimum Gasteiger partial charge on any atom is -0.504 e.